The first-order valence-electron chi connectivity index (χ1n) is 8.59. The van der Waals surface area contributed by atoms with E-state index in [1.165, 1.54) is 16.0 Å². The highest BCUT2D eigenvalue weighted by molar-refractivity contribution is 6.01. The highest BCUT2D eigenvalue weighted by atomic mass is 16.2. The average Bonchev–Trinajstić information content (AvgIpc) is 2.57. The molecule has 0 aliphatic carbocycles. The molecule has 0 saturated carbocycles. The molecular weight excluding hydrogens is 314 g/mol. The molecule has 3 rings (SSSR count). The van der Waals surface area contributed by atoms with E-state index in [2.05, 4.69) is 22.8 Å². The van der Waals surface area contributed by atoms with E-state index in [-0.39, 0.29) is 5.91 Å². The third kappa shape index (κ3) is 4.45. The van der Waals surface area contributed by atoms with Crippen molar-refractivity contribution >= 4 is 17.6 Å². The van der Waals surface area contributed by atoms with Gasteiger partial charge in [-0.25, -0.2) is 4.79 Å². The standard InChI is InChI=1S/C20H23N3O2/c1-14-7-8-18(15(2)11-14)21-20(25)22-19(24)13-23-10-9-16-5-3-4-6-17(16)12-23/h3-8,11H,9-10,12-13H2,1-2H3,(H2,21,22,24,25)/p+1. The third-order valence-corrected chi connectivity index (χ3v) is 4.60. The quantitative estimate of drug-likeness (QED) is 0.796. The van der Waals surface area contributed by atoms with Gasteiger partial charge in [-0.3, -0.25) is 10.1 Å². The largest absolute Gasteiger partial charge is 0.326 e. The highest BCUT2D eigenvalue weighted by Crippen LogP contribution is 2.15. The molecule has 0 saturated heterocycles. The predicted octanol–water partition coefficient (Wildman–Crippen LogP) is 1.59. The summed E-state index contributed by atoms with van der Waals surface area (Å²) < 4.78 is 0. The van der Waals surface area contributed by atoms with Crippen molar-refractivity contribution in [1.29, 1.82) is 0 Å². The second-order valence-corrected chi connectivity index (χ2v) is 6.69. The maximum Gasteiger partial charge on any atom is 0.326 e. The predicted molar refractivity (Wildman–Crippen MR) is 97.6 cm³/mol. The lowest BCUT2D eigenvalue weighted by molar-refractivity contribution is -0.908. The molecule has 0 bridgehead atoms. The topological polar surface area (TPSA) is 62.6 Å². The molecular formula is C20H24N3O2+. The lowest BCUT2D eigenvalue weighted by Crippen LogP contribution is -3.13. The number of fused-ring (bicyclic) bond motifs is 1. The molecule has 0 aromatic heterocycles. The minimum Gasteiger partial charge on any atom is -0.323 e. The monoisotopic (exact) mass is 338 g/mol. The fourth-order valence-corrected chi connectivity index (χ4v) is 3.30. The molecule has 25 heavy (non-hydrogen) atoms. The molecule has 1 aliphatic rings. The van der Waals surface area contributed by atoms with Crippen molar-refractivity contribution in [3.8, 4) is 0 Å². The van der Waals surface area contributed by atoms with Gasteiger partial charge in [0.2, 0.25) is 0 Å². The molecule has 5 nitrogen and oxygen atoms in total. The summed E-state index contributed by atoms with van der Waals surface area (Å²) in [6, 6.07) is 13.6. The van der Waals surface area contributed by atoms with E-state index in [1.807, 2.05) is 44.2 Å². The molecule has 1 unspecified atom stereocenters. The Hall–Kier alpha value is -2.66. The van der Waals surface area contributed by atoms with Gasteiger partial charge in [-0.05, 0) is 31.0 Å². The summed E-state index contributed by atoms with van der Waals surface area (Å²) in [7, 11) is 0. The van der Waals surface area contributed by atoms with Crippen LogP contribution in [0, 0.1) is 13.8 Å². The molecule has 0 spiro atoms. The SMILES string of the molecule is Cc1ccc(NC(=O)NC(=O)C[NH+]2CCc3ccccc3C2)c(C)c1. The number of hydrogen-bond acceptors (Lipinski definition) is 2. The fourth-order valence-electron chi connectivity index (χ4n) is 3.30. The van der Waals surface area contributed by atoms with Crippen LogP contribution in [-0.2, 0) is 17.8 Å². The van der Waals surface area contributed by atoms with Crippen molar-refractivity contribution in [1.82, 2.24) is 5.32 Å². The van der Waals surface area contributed by atoms with Crippen molar-refractivity contribution in [3.05, 3.63) is 64.7 Å². The number of quaternary nitrogens is 1. The van der Waals surface area contributed by atoms with Crippen molar-refractivity contribution in [2.45, 2.75) is 26.8 Å². The summed E-state index contributed by atoms with van der Waals surface area (Å²) in [5, 5.41) is 5.17. The number of hydrogen-bond donors (Lipinski definition) is 3. The molecule has 3 amide bonds. The number of benzene rings is 2. The molecule has 1 aliphatic heterocycles. The van der Waals surface area contributed by atoms with E-state index in [0.29, 0.717) is 6.54 Å². The van der Waals surface area contributed by atoms with Gasteiger partial charge < -0.3 is 10.2 Å². The Balaban J connectivity index is 1.52. The maximum absolute atomic E-state index is 12.2. The molecule has 3 N–H and O–H groups in total. The summed E-state index contributed by atoms with van der Waals surface area (Å²) in [4.78, 5) is 25.4. The third-order valence-electron chi connectivity index (χ3n) is 4.60. The highest BCUT2D eigenvalue weighted by Gasteiger charge is 2.22. The average molecular weight is 338 g/mol. The number of carbonyl (C=O) groups excluding carboxylic acids is 2. The Morgan fingerprint density at radius 2 is 1.84 bits per heavy atom. The summed E-state index contributed by atoms with van der Waals surface area (Å²) in [6.45, 7) is 5.96. The Kier molecular flexibility index (Phi) is 5.14. The van der Waals surface area contributed by atoms with Crippen LogP contribution >= 0.6 is 0 Å². The van der Waals surface area contributed by atoms with Gasteiger partial charge in [0.25, 0.3) is 5.91 Å². The van der Waals surface area contributed by atoms with Crippen LogP contribution in [0.1, 0.15) is 22.3 Å². The van der Waals surface area contributed by atoms with Gasteiger partial charge in [-0.1, -0.05) is 42.0 Å². The number of carbonyl (C=O) groups is 2. The van der Waals surface area contributed by atoms with Crippen LogP contribution in [0.15, 0.2) is 42.5 Å². The van der Waals surface area contributed by atoms with E-state index >= 15 is 0 Å². The van der Waals surface area contributed by atoms with E-state index < -0.39 is 6.03 Å². The maximum atomic E-state index is 12.2. The minimum absolute atomic E-state index is 0.253. The van der Waals surface area contributed by atoms with Gasteiger partial charge in [0.05, 0.1) is 6.54 Å². The molecule has 130 valence electrons. The Bertz CT molecular complexity index is 801. The summed E-state index contributed by atoms with van der Waals surface area (Å²) in [5.74, 6) is -0.253. The van der Waals surface area contributed by atoms with Gasteiger partial charge in [0.1, 0.15) is 6.54 Å². The number of aryl methyl sites for hydroxylation is 2. The Morgan fingerprint density at radius 1 is 1.08 bits per heavy atom. The molecule has 1 atom stereocenters. The second-order valence-electron chi connectivity index (χ2n) is 6.69. The van der Waals surface area contributed by atoms with E-state index in [1.54, 1.807) is 0 Å². The molecule has 2 aromatic rings. The van der Waals surface area contributed by atoms with Crippen LogP contribution < -0.4 is 15.5 Å². The smallest absolute Gasteiger partial charge is 0.323 e. The first-order valence-corrected chi connectivity index (χ1v) is 8.59. The molecule has 0 fully saturated rings. The first-order chi connectivity index (χ1) is 12.0. The summed E-state index contributed by atoms with van der Waals surface area (Å²) in [5.41, 5.74) is 5.47. The van der Waals surface area contributed by atoms with Crippen molar-refractivity contribution in [2.75, 3.05) is 18.4 Å². The van der Waals surface area contributed by atoms with Crippen LogP contribution in [0.5, 0.6) is 0 Å². The minimum atomic E-state index is -0.478. The number of urea groups is 1. The number of amides is 3. The van der Waals surface area contributed by atoms with Gasteiger partial charge >= 0.3 is 6.03 Å². The summed E-state index contributed by atoms with van der Waals surface area (Å²) in [6.07, 6.45) is 0.966. The number of anilines is 1. The van der Waals surface area contributed by atoms with E-state index in [9.17, 15) is 9.59 Å². The van der Waals surface area contributed by atoms with Crippen LogP contribution in [-0.4, -0.2) is 25.0 Å². The van der Waals surface area contributed by atoms with E-state index in [0.717, 1.165) is 36.3 Å². The van der Waals surface area contributed by atoms with Crippen molar-refractivity contribution in [2.24, 2.45) is 0 Å². The molecule has 1 heterocycles. The lowest BCUT2D eigenvalue weighted by atomic mass is 10.00. The lowest BCUT2D eigenvalue weighted by Gasteiger charge is -2.25. The van der Waals surface area contributed by atoms with Crippen molar-refractivity contribution < 1.29 is 14.5 Å². The van der Waals surface area contributed by atoms with E-state index in [4.69, 9.17) is 0 Å². The normalized spacial score (nSPS) is 16.0. The molecule has 5 heteroatoms. The van der Waals surface area contributed by atoms with Gasteiger partial charge in [-0.15, -0.1) is 0 Å². The zero-order chi connectivity index (χ0) is 17.8. The van der Waals surface area contributed by atoms with Gasteiger partial charge in [0.15, 0.2) is 6.54 Å². The Labute approximate surface area is 148 Å². The molecule has 2 aromatic carbocycles. The molecule has 0 radical (unpaired) electrons. The van der Waals surface area contributed by atoms with Crippen LogP contribution in [0.25, 0.3) is 0 Å². The van der Waals surface area contributed by atoms with Crippen LogP contribution in [0.4, 0.5) is 10.5 Å². The Morgan fingerprint density at radius 3 is 2.60 bits per heavy atom. The number of nitrogens with one attached hydrogen (secondary N) is 3. The fraction of sp³-hybridized carbons (Fsp3) is 0.300. The second kappa shape index (κ2) is 7.49. The van der Waals surface area contributed by atoms with Crippen LogP contribution in [0.3, 0.4) is 0 Å². The van der Waals surface area contributed by atoms with Crippen LogP contribution in [0.2, 0.25) is 0 Å². The first kappa shape index (κ1) is 17.2. The van der Waals surface area contributed by atoms with Gasteiger partial charge in [0, 0.05) is 17.7 Å². The number of rotatable bonds is 3. The zero-order valence-electron chi connectivity index (χ0n) is 14.7. The summed E-state index contributed by atoms with van der Waals surface area (Å²) >= 11 is 0. The van der Waals surface area contributed by atoms with Gasteiger partial charge in [-0.2, -0.15) is 0 Å². The zero-order valence-corrected chi connectivity index (χ0v) is 14.7. The van der Waals surface area contributed by atoms with Crippen molar-refractivity contribution in [3.63, 3.8) is 0 Å². The number of imide groups is 1.